The highest BCUT2D eigenvalue weighted by Gasteiger charge is 2.24. The van der Waals surface area contributed by atoms with Crippen molar-refractivity contribution in [3.05, 3.63) is 68.2 Å². The average Bonchev–Trinajstić information content (AvgIpc) is 3.37. The Labute approximate surface area is 183 Å². The van der Waals surface area contributed by atoms with Crippen molar-refractivity contribution >= 4 is 22.6 Å². The second-order valence-electron chi connectivity index (χ2n) is 7.42. The first-order chi connectivity index (χ1) is 15.1. The predicted molar refractivity (Wildman–Crippen MR) is 116 cm³/mol. The summed E-state index contributed by atoms with van der Waals surface area (Å²) in [7, 11) is 0. The number of pyridine rings is 1. The summed E-state index contributed by atoms with van der Waals surface area (Å²) >= 11 is 6.06. The molecule has 0 saturated carbocycles. The number of unbranched alkanes of at least 4 members (excludes halogenated alkanes) is 1. The van der Waals surface area contributed by atoms with Crippen LogP contribution in [-0.4, -0.2) is 29.4 Å². The molecule has 3 aromatic heterocycles. The third-order valence-corrected chi connectivity index (χ3v) is 5.34. The van der Waals surface area contributed by atoms with Crippen molar-refractivity contribution < 1.29 is 4.52 Å². The van der Waals surface area contributed by atoms with Gasteiger partial charge in [0.1, 0.15) is 11.0 Å². The van der Waals surface area contributed by atoms with E-state index in [0.29, 0.717) is 54.1 Å². The van der Waals surface area contributed by atoms with E-state index in [1.54, 1.807) is 10.8 Å². The fourth-order valence-electron chi connectivity index (χ4n) is 3.56. The van der Waals surface area contributed by atoms with Gasteiger partial charge in [0.05, 0.1) is 12.0 Å². The number of nitrogens with zero attached hydrogens (tertiary/aromatic N) is 6. The van der Waals surface area contributed by atoms with Gasteiger partial charge < -0.3 is 4.52 Å². The van der Waals surface area contributed by atoms with Crippen LogP contribution in [0.2, 0.25) is 0 Å². The first kappa shape index (κ1) is 21.2. The maximum Gasteiger partial charge on any atom is 0.332 e. The van der Waals surface area contributed by atoms with Crippen LogP contribution < -0.4 is 11.2 Å². The van der Waals surface area contributed by atoms with Crippen LogP contribution >= 0.6 is 11.6 Å². The molecule has 0 N–H and O–H groups in total. The molecule has 1 aliphatic rings. The molecule has 0 saturated heterocycles. The standard InChI is InChI=1S/C21H23ClN6O3/c1-2-3-10-27-19-15(13-16(22)24-19)20(29)28(21(27)30)11-6-8-18-25-17(26-31-18)12-14-7-4-5-9-23-14/h4-5,7,9H,2-3,6,8,10-13H2,1H3. The highest BCUT2D eigenvalue weighted by Crippen LogP contribution is 2.24. The molecule has 0 radical (unpaired) electrons. The van der Waals surface area contributed by atoms with Gasteiger partial charge in [0, 0.05) is 37.8 Å². The molecule has 4 rings (SSSR count). The molecule has 0 bridgehead atoms. The fourth-order valence-corrected chi connectivity index (χ4v) is 3.77. The van der Waals surface area contributed by atoms with E-state index in [1.165, 1.54) is 4.57 Å². The third kappa shape index (κ3) is 4.66. The van der Waals surface area contributed by atoms with Crippen LogP contribution in [0.15, 0.2) is 43.5 Å². The molecule has 0 aromatic carbocycles. The van der Waals surface area contributed by atoms with E-state index in [4.69, 9.17) is 16.1 Å². The van der Waals surface area contributed by atoms with Crippen LogP contribution in [-0.2, 0) is 32.4 Å². The van der Waals surface area contributed by atoms with E-state index < -0.39 is 0 Å². The average molecular weight is 443 g/mol. The van der Waals surface area contributed by atoms with E-state index in [1.807, 2.05) is 25.1 Å². The van der Waals surface area contributed by atoms with Crippen LogP contribution in [0.4, 0.5) is 5.82 Å². The van der Waals surface area contributed by atoms with Crippen LogP contribution in [0.25, 0.3) is 0 Å². The highest BCUT2D eigenvalue weighted by molar-refractivity contribution is 6.66. The van der Waals surface area contributed by atoms with Gasteiger partial charge in [0.2, 0.25) is 5.89 Å². The molecule has 0 fully saturated rings. The van der Waals surface area contributed by atoms with Gasteiger partial charge in [-0.3, -0.25) is 18.9 Å². The van der Waals surface area contributed by atoms with Crippen molar-refractivity contribution in [2.24, 2.45) is 4.99 Å². The van der Waals surface area contributed by atoms with E-state index in [-0.39, 0.29) is 24.2 Å². The zero-order chi connectivity index (χ0) is 21.8. The Morgan fingerprint density at radius 1 is 1.16 bits per heavy atom. The number of hydrogen-bond donors (Lipinski definition) is 0. The topological polar surface area (TPSA) is 108 Å². The van der Waals surface area contributed by atoms with E-state index in [0.717, 1.165) is 18.5 Å². The molecule has 162 valence electrons. The van der Waals surface area contributed by atoms with Gasteiger partial charge in [-0.15, -0.1) is 0 Å². The SMILES string of the molecule is CCCCn1c2c(c(=O)n(CCCc3nc(Cc4ccccn4)no3)c1=O)CC(Cl)=N2. The second kappa shape index (κ2) is 9.38. The Hall–Kier alpha value is -3.07. The molecular formula is C21H23ClN6O3. The molecule has 0 amide bonds. The second-order valence-corrected chi connectivity index (χ2v) is 7.85. The third-order valence-electron chi connectivity index (χ3n) is 5.12. The van der Waals surface area contributed by atoms with E-state index in [2.05, 4.69) is 20.1 Å². The number of rotatable bonds is 9. The van der Waals surface area contributed by atoms with Gasteiger partial charge in [-0.1, -0.05) is 36.2 Å². The normalized spacial score (nSPS) is 12.8. The monoisotopic (exact) mass is 442 g/mol. The minimum Gasteiger partial charge on any atom is -0.339 e. The molecule has 9 nitrogen and oxygen atoms in total. The van der Waals surface area contributed by atoms with Gasteiger partial charge in [0.15, 0.2) is 5.82 Å². The Morgan fingerprint density at radius 3 is 2.77 bits per heavy atom. The molecule has 1 aliphatic heterocycles. The largest absolute Gasteiger partial charge is 0.339 e. The lowest BCUT2D eigenvalue weighted by Gasteiger charge is -2.13. The quantitative estimate of drug-likeness (QED) is 0.504. The van der Waals surface area contributed by atoms with Crippen molar-refractivity contribution in [2.75, 3.05) is 0 Å². The Bertz CT molecular complexity index is 1210. The summed E-state index contributed by atoms with van der Waals surface area (Å²) < 4.78 is 8.14. The van der Waals surface area contributed by atoms with Crippen molar-refractivity contribution in [3.63, 3.8) is 0 Å². The lowest BCUT2D eigenvalue weighted by Crippen LogP contribution is -2.41. The number of halogens is 1. The van der Waals surface area contributed by atoms with Gasteiger partial charge in [0.25, 0.3) is 5.56 Å². The van der Waals surface area contributed by atoms with Crippen LogP contribution in [0.3, 0.4) is 0 Å². The molecule has 10 heteroatoms. The van der Waals surface area contributed by atoms with Crippen molar-refractivity contribution in [1.29, 1.82) is 0 Å². The number of fused-ring (bicyclic) bond motifs is 1. The minimum absolute atomic E-state index is 0.257. The molecular weight excluding hydrogens is 420 g/mol. The maximum absolute atomic E-state index is 13.0. The van der Waals surface area contributed by atoms with Crippen molar-refractivity contribution in [2.45, 2.75) is 58.5 Å². The lowest BCUT2D eigenvalue weighted by molar-refractivity contribution is 0.366. The molecule has 3 aromatic rings. The number of aryl methyl sites for hydroxylation is 1. The summed E-state index contributed by atoms with van der Waals surface area (Å²) in [4.78, 5) is 38.7. The summed E-state index contributed by atoms with van der Waals surface area (Å²) in [6.07, 6.45) is 5.19. The van der Waals surface area contributed by atoms with E-state index in [9.17, 15) is 9.59 Å². The van der Waals surface area contributed by atoms with Gasteiger partial charge in [-0.25, -0.2) is 9.79 Å². The maximum atomic E-state index is 13.0. The molecule has 0 unspecified atom stereocenters. The van der Waals surface area contributed by atoms with Crippen LogP contribution in [0.1, 0.15) is 49.2 Å². The zero-order valence-corrected chi connectivity index (χ0v) is 18.0. The predicted octanol–water partition coefficient (Wildman–Crippen LogP) is 2.64. The molecule has 31 heavy (non-hydrogen) atoms. The van der Waals surface area contributed by atoms with Crippen LogP contribution in [0.5, 0.6) is 0 Å². The summed E-state index contributed by atoms with van der Waals surface area (Å²) in [5.74, 6) is 1.43. The zero-order valence-electron chi connectivity index (χ0n) is 17.3. The summed E-state index contributed by atoms with van der Waals surface area (Å²) in [6, 6.07) is 5.65. The summed E-state index contributed by atoms with van der Waals surface area (Å²) in [5.41, 5.74) is 0.659. The Kier molecular flexibility index (Phi) is 6.41. The number of aromatic nitrogens is 5. The summed E-state index contributed by atoms with van der Waals surface area (Å²) in [5, 5.41) is 4.32. The van der Waals surface area contributed by atoms with E-state index >= 15 is 0 Å². The minimum atomic E-state index is -0.353. The first-order valence-electron chi connectivity index (χ1n) is 10.4. The molecule has 4 heterocycles. The molecule has 0 aliphatic carbocycles. The van der Waals surface area contributed by atoms with Crippen LogP contribution in [0, 0.1) is 0 Å². The smallest absolute Gasteiger partial charge is 0.332 e. The Balaban J connectivity index is 1.46. The van der Waals surface area contributed by atoms with Crippen molar-refractivity contribution in [3.8, 4) is 0 Å². The van der Waals surface area contributed by atoms with Crippen molar-refractivity contribution in [1.82, 2.24) is 24.3 Å². The van der Waals surface area contributed by atoms with Gasteiger partial charge in [-0.2, -0.15) is 4.98 Å². The molecule has 0 spiro atoms. The Morgan fingerprint density at radius 2 is 2.00 bits per heavy atom. The number of hydrogen-bond acceptors (Lipinski definition) is 7. The summed E-state index contributed by atoms with van der Waals surface area (Å²) in [6.45, 7) is 2.81. The number of aliphatic imine (C=N–C) groups is 1. The fraction of sp³-hybridized carbons (Fsp3) is 0.429. The van der Waals surface area contributed by atoms with Gasteiger partial charge in [-0.05, 0) is 25.0 Å². The highest BCUT2D eigenvalue weighted by atomic mass is 35.5. The van der Waals surface area contributed by atoms with Gasteiger partial charge >= 0.3 is 5.69 Å². The lowest BCUT2D eigenvalue weighted by atomic mass is 10.2. The molecule has 0 atom stereocenters. The first-order valence-corrected chi connectivity index (χ1v) is 10.8.